The number of fused-ring (bicyclic) bond motifs is 1. The minimum atomic E-state index is -1.08. The predicted molar refractivity (Wildman–Crippen MR) is 96.8 cm³/mol. The highest BCUT2D eigenvalue weighted by atomic mass is 28.3. The van der Waals surface area contributed by atoms with E-state index in [1.807, 2.05) is 22.8 Å². The molecule has 3 rings (SSSR count). The summed E-state index contributed by atoms with van der Waals surface area (Å²) in [4.78, 5) is 16.7. The molecule has 0 bridgehead atoms. The molecule has 0 atom stereocenters. The van der Waals surface area contributed by atoms with Crippen LogP contribution in [0, 0.1) is 0 Å². The van der Waals surface area contributed by atoms with E-state index in [9.17, 15) is 4.79 Å². The van der Waals surface area contributed by atoms with Crippen molar-refractivity contribution < 1.29 is 14.3 Å². The monoisotopic (exact) mass is 346 g/mol. The molecule has 2 aromatic rings. The molecule has 24 heavy (non-hydrogen) atoms. The lowest BCUT2D eigenvalue weighted by molar-refractivity contribution is -0.143. The summed E-state index contributed by atoms with van der Waals surface area (Å²) in [6, 6.07) is 7.16. The summed E-state index contributed by atoms with van der Waals surface area (Å²) in [5, 5.41) is 0. The van der Waals surface area contributed by atoms with Crippen LogP contribution in [0.15, 0.2) is 24.5 Å². The average Bonchev–Trinajstić information content (AvgIpc) is 3.25. The van der Waals surface area contributed by atoms with Crippen LogP contribution in [0.3, 0.4) is 0 Å². The van der Waals surface area contributed by atoms with Crippen LogP contribution >= 0.6 is 0 Å². The molecule has 1 aromatic carbocycles. The largest absolute Gasteiger partial charge is 0.468 e. The Kier molecular flexibility index (Phi) is 4.53. The van der Waals surface area contributed by atoms with Crippen LogP contribution in [0.2, 0.25) is 25.7 Å². The summed E-state index contributed by atoms with van der Waals surface area (Å²) in [5.74, 6) is -0.157. The van der Waals surface area contributed by atoms with Gasteiger partial charge in [0.2, 0.25) is 0 Å². The third-order valence-electron chi connectivity index (χ3n) is 4.72. The first-order chi connectivity index (χ1) is 11.4. The van der Waals surface area contributed by atoms with E-state index in [1.165, 1.54) is 7.11 Å². The van der Waals surface area contributed by atoms with Crippen molar-refractivity contribution in [3.8, 4) is 0 Å². The molecule has 5 nitrogen and oxygen atoms in total. The summed E-state index contributed by atoms with van der Waals surface area (Å²) >= 11 is 0. The number of ether oxygens (including phenoxy) is 2. The number of hydrogen-bond donors (Lipinski definition) is 0. The fourth-order valence-electron chi connectivity index (χ4n) is 3.02. The third kappa shape index (κ3) is 3.25. The molecule has 0 aliphatic heterocycles. The maximum atomic E-state index is 12.2. The number of benzene rings is 1. The highest BCUT2D eigenvalue weighted by Gasteiger charge is 2.53. The lowest BCUT2D eigenvalue weighted by atomic mass is 9.95. The Labute approximate surface area is 144 Å². The minimum Gasteiger partial charge on any atom is -0.468 e. The number of esters is 1. The molecule has 0 saturated heterocycles. The van der Waals surface area contributed by atoms with Gasteiger partial charge in [0.25, 0.3) is 0 Å². The molecular weight excluding hydrogens is 320 g/mol. The van der Waals surface area contributed by atoms with Crippen LogP contribution in [0.1, 0.15) is 18.4 Å². The molecule has 1 aliphatic rings. The van der Waals surface area contributed by atoms with Crippen molar-refractivity contribution in [3.63, 3.8) is 0 Å². The second kappa shape index (κ2) is 6.33. The van der Waals surface area contributed by atoms with Crippen LogP contribution in [-0.4, -0.2) is 37.3 Å². The number of methoxy groups -OCH3 is 1. The molecule has 130 valence electrons. The van der Waals surface area contributed by atoms with Gasteiger partial charge in [0.15, 0.2) is 0 Å². The molecule has 6 heteroatoms. The van der Waals surface area contributed by atoms with E-state index in [0.717, 1.165) is 42.1 Å². The quantitative estimate of drug-likeness (QED) is 0.437. The Morgan fingerprint density at radius 2 is 2.08 bits per heavy atom. The van der Waals surface area contributed by atoms with Crippen LogP contribution in [0.4, 0.5) is 0 Å². The van der Waals surface area contributed by atoms with Gasteiger partial charge in [-0.3, -0.25) is 4.79 Å². The topological polar surface area (TPSA) is 53.3 Å². The van der Waals surface area contributed by atoms with Gasteiger partial charge in [0.1, 0.15) is 6.73 Å². The Morgan fingerprint density at radius 1 is 1.33 bits per heavy atom. The van der Waals surface area contributed by atoms with E-state index in [2.05, 4.69) is 24.6 Å². The standard InChI is InChI=1S/C18H26N2O3Si/c1-22-17(21)18(8-9-18)14-6-5-7-15-16(14)19-12-20(15)13-23-10-11-24(2,3)4/h5-7,12H,8-11,13H2,1-4H3. The Bertz CT molecular complexity index is 744. The number of hydrogen-bond acceptors (Lipinski definition) is 4. The molecule has 1 aromatic heterocycles. The van der Waals surface area contributed by atoms with E-state index in [4.69, 9.17) is 9.47 Å². The summed E-state index contributed by atoms with van der Waals surface area (Å²) in [6.07, 6.45) is 3.47. The van der Waals surface area contributed by atoms with Crippen LogP contribution in [0.25, 0.3) is 11.0 Å². The van der Waals surface area contributed by atoms with E-state index in [-0.39, 0.29) is 5.97 Å². The van der Waals surface area contributed by atoms with E-state index < -0.39 is 13.5 Å². The van der Waals surface area contributed by atoms with Crippen molar-refractivity contribution in [3.05, 3.63) is 30.1 Å². The minimum absolute atomic E-state index is 0.157. The van der Waals surface area contributed by atoms with Crippen molar-refractivity contribution in [2.45, 2.75) is 50.7 Å². The number of rotatable bonds is 7. The molecular formula is C18H26N2O3Si. The summed E-state index contributed by atoms with van der Waals surface area (Å²) < 4.78 is 12.9. The number of carbonyl (C=O) groups excluding carboxylic acids is 1. The summed E-state index contributed by atoms with van der Waals surface area (Å²) in [6.45, 7) is 8.31. The van der Waals surface area contributed by atoms with Crippen LogP contribution in [-0.2, 0) is 26.4 Å². The molecule has 1 aliphatic carbocycles. The molecule has 0 amide bonds. The molecule has 1 fully saturated rings. The van der Waals surface area contributed by atoms with Crippen LogP contribution < -0.4 is 0 Å². The van der Waals surface area contributed by atoms with Crippen molar-refractivity contribution in [1.82, 2.24) is 9.55 Å². The normalized spacial score (nSPS) is 16.3. The van der Waals surface area contributed by atoms with Gasteiger partial charge in [0.05, 0.1) is 29.9 Å². The Morgan fingerprint density at radius 3 is 2.71 bits per heavy atom. The smallest absolute Gasteiger partial charge is 0.316 e. The lowest BCUT2D eigenvalue weighted by Gasteiger charge is -2.16. The number of carbonyl (C=O) groups is 1. The zero-order chi connectivity index (χ0) is 17.4. The van der Waals surface area contributed by atoms with Gasteiger partial charge in [-0.2, -0.15) is 0 Å². The first kappa shape index (κ1) is 17.2. The van der Waals surface area contributed by atoms with Crippen molar-refractivity contribution in [1.29, 1.82) is 0 Å². The Balaban J connectivity index is 1.79. The third-order valence-corrected chi connectivity index (χ3v) is 6.42. The summed E-state index contributed by atoms with van der Waals surface area (Å²) in [5.41, 5.74) is 2.38. The van der Waals surface area contributed by atoms with Crippen LogP contribution in [0.5, 0.6) is 0 Å². The van der Waals surface area contributed by atoms with Crippen molar-refractivity contribution >= 4 is 25.1 Å². The number of nitrogens with zero attached hydrogens (tertiary/aromatic N) is 2. The molecule has 0 radical (unpaired) electrons. The average molecular weight is 347 g/mol. The van der Waals surface area contributed by atoms with E-state index in [1.54, 1.807) is 6.33 Å². The number of aromatic nitrogens is 2. The van der Waals surface area contributed by atoms with Gasteiger partial charge < -0.3 is 14.0 Å². The van der Waals surface area contributed by atoms with E-state index in [0.29, 0.717) is 6.73 Å². The fourth-order valence-corrected chi connectivity index (χ4v) is 3.78. The van der Waals surface area contributed by atoms with E-state index >= 15 is 0 Å². The molecule has 1 heterocycles. The van der Waals surface area contributed by atoms with Gasteiger partial charge >= 0.3 is 5.97 Å². The number of imidazole rings is 1. The molecule has 0 N–H and O–H groups in total. The highest BCUT2D eigenvalue weighted by molar-refractivity contribution is 6.76. The van der Waals surface area contributed by atoms with Gasteiger partial charge in [-0.1, -0.05) is 31.8 Å². The summed E-state index contributed by atoms with van der Waals surface area (Å²) in [7, 11) is 0.375. The fraction of sp³-hybridized carbons (Fsp3) is 0.556. The number of para-hydroxylation sites is 1. The van der Waals surface area contributed by atoms with Crippen molar-refractivity contribution in [2.75, 3.05) is 13.7 Å². The maximum absolute atomic E-state index is 12.2. The second-order valence-electron chi connectivity index (χ2n) is 7.81. The lowest BCUT2D eigenvalue weighted by Crippen LogP contribution is -2.22. The van der Waals surface area contributed by atoms with Gasteiger partial charge in [-0.15, -0.1) is 0 Å². The molecule has 0 unspecified atom stereocenters. The highest BCUT2D eigenvalue weighted by Crippen LogP contribution is 2.50. The zero-order valence-corrected chi connectivity index (χ0v) is 16.0. The predicted octanol–water partition coefficient (Wildman–Crippen LogP) is 3.55. The zero-order valence-electron chi connectivity index (χ0n) is 15.0. The molecule has 1 saturated carbocycles. The first-order valence-corrected chi connectivity index (χ1v) is 12.2. The maximum Gasteiger partial charge on any atom is 0.316 e. The van der Waals surface area contributed by atoms with Crippen molar-refractivity contribution in [2.24, 2.45) is 0 Å². The molecule has 0 spiro atoms. The Hall–Kier alpha value is -1.66. The van der Waals surface area contributed by atoms with Gasteiger partial charge in [-0.25, -0.2) is 4.98 Å². The van der Waals surface area contributed by atoms with Gasteiger partial charge in [0, 0.05) is 14.7 Å². The first-order valence-electron chi connectivity index (χ1n) is 8.48. The SMILES string of the molecule is COC(=O)C1(c2cccc3c2ncn3COCC[Si](C)(C)C)CC1. The second-order valence-corrected chi connectivity index (χ2v) is 13.4. The van der Waals surface area contributed by atoms with Gasteiger partial charge in [-0.05, 0) is 30.5 Å².